The minimum Gasteiger partial charge on any atom is -0.467 e. The van der Waals surface area contributed by atoms with Gasteiger partial charge in [0.05, 0.1) is 13.2 Å². The molecule has 3 atom stereocenters. The third-order valence-electron chi connectivity index (χ3n) is 2.91. The van der Waals surface area contributed by atoms with Crippen LogP contribution in [-0.4, -0.2) is 42.3 Å². The molecule has 1 rings (SSSR count). The predicted molar refractivity (Wildman–Crippen MR) is 73.7 cm³/mol. The summed E-state index contributed by atoms with van der Waals surface area (Å²) in [5.41, 5.74) is 6.41. The zero-order valence-electron chi connectivity index (χ0n) is 11.6. The third-order valence-corrected chi connectivity index (χ3v) is 2.91. The van der Waals surface area contributed by atoms with Crippen LogP contribution in [-0.2, 0) is 20.7 Å². The van der Waals surface area contributed by atoms with Gasteiger partial charge in [0, 0.05) is 6.42 Å². The number of aliphatic hydroxyl groups excluding tert-OH is 1. The first-order chi connectivity index (χ1) is 9.45. The van der Waals surface area contributed by atoms with Gasteiger partial charge in [-0.05, 0) is 12.5 Å². The number of nitrogens with one attached hydrogen (secondary N) is 1. The fraction of sp³-hybridized carbons (Fsp3) is 0.429. The average molecular weight is 280 g/mol. The first-order valence-corrected chi connectivity index (χ1v) is 6.31. The van der Waals surface area contributed by atoms with E-state index >= 15 is 0 Å². The van der Waals surface area contributed by atoms with Crippen LogP contribution in [0.5, 0.6) is 0 Å². The van der Waals surface area contributed by atoms with Gasteiger partial charge in [-0.2, -0.15) is 0 Å². The Morgan fingerprint density at radius 2 is 1.95 bits per heavy atom. The Bertz CT molecular complexity index is 448. The Hall–Kier alpha value is -1.92. The summed E-state index contributed by atoms with van der Waals surface area (Å²) in [6, 6.07) is 7.31. The van der Waals surface area contributed by atoms with Crippen LogP contribution in [0, 0.1) is 0 Å². The Kier molecular flexibility index (Phi) is 6.14. The summed E-state index contributed by atoms with van der Waals surface area (Å²) in [6.45, 7) is 1.41. The van der Waals surface area contributed by atoms with E-state index in [1.807, 2.05) is 30.3 Å². The fourth-order valence-corrected chi connectivity index (χ4v) is 1.67. The van der Waals surface area contributed by atoms with Crippen LogP contribution < -0.4 is 11.1 Å². The molecule has 1 aromatic carbocycles. The van der Waals surface area contributed by atoms with Gasteiger partial charge in [-0.15, -0.1) is 0 Å². The summed E-state index contributed by atoms with van der Waals surface area (Å²) in [6.07, 6.45) is -0.698. The molecule has 0 aromatic heterocycles. The molecular weight excluding hydrogens is 260 g/mol. The number of hydrogen-bond acceptors (Lipinski definition) is 5. The first kappa shape index (κ1) is 16.1. The van der Waals surface area contributed by atoms with Crippen molar-refractivity contribution in [2.45, 2.75) is 31.5 Å². The molecule has 1 aromatic rings. The molecule has 0 radical (unpaired) electrons. The number of carbonyl (C=O) groups excluding carboxylic acids is 2. The van der Waals surface area contributed by atoms with Gasteiger partial charge in [-0.1, -0.05) is 30.3 Å². The van der Waals surface area contributed by atoms with E-state index in [9.17, 15) is 14.7 Å². The number of amides is 1. The van der Waals surface area contributed by atoms with Crippen molar-refractivity contribution in [2.75, 3.05) is 7.11 Å². The van der Waals surface area contributed by atoms with Crippen LogP contribution in [0.15, 0.2) is 30.3 Å². The topological polar surface area (TPSA) is 102 Å². The SMILES string of the molecule is COC(=O)[C@H](Cc1ccccc1)NC(=O)[C@@H](N)[C@@H](C)O. The van der Waals surface area contributed by atoms with Crippen LogP contribution in [0.25, 0.3) is 0 Å². The molecule has 0 aliphatic rings. The van der Waals surface area contributed by atoms with E-state index in [1.54, 1.807) is 0 Å². The normalized spacial score (nSPS) is 15.0. The summed E-state index contributed by atoms with van der Waals surface area (Å²) >= 11 is 0. The van der Waals surface area contributed by atoms with E-state index in [1.165, 1.54) is 14.0 Å². The highest BCUT2D eigenvalue weighted by Crippen LogP contribution is 2.05. The molecule has 0 saturated heterocycles. The van der Waals surface area contributed by atoms with E-state index in [0.717, 1.165) is 5.56 Å². The monoisotopic (exact) mass is 280 g/mol. The number of carbonyl (C=O) groups is 2. The minimum atomic E-state index is -1.09. The molecule has 4 N–H and O–H groups in total. The largest absolute Gasteiger partial charge is 0.467 e. The zero-order valence-corrected chi connectivity index (χ0v) is 11.6. The van der Waals surface area contributed by atoms with Gasteiger partial charge in [-0.25, -0.2) is 4.79 Å². The van der Waals surface area contributed by atoms with Crippen molar-refractivity contribution in [1.29, 1.82) is 0 Å². The molecule has 0 saturated carbocycles. The lowest BCUT2D eigenvalue weighted by atomic mass is 10.1. The molecule has 0 bridgehead atoms. The molecule has 0 unspecified atom stereocenters. The highest BCUT2D eigenvalue weighted by Gasteiger charge is 2.26. The number of nitrogens with two attached hydrogens (primary N) is 1. The Morgan fingerprint density at radius 1 is 1.35 bits per heavy atom. The van der Waals surface area contributed by atoms with Gasteiger partial charge < -0.3 is 20.9 Å². The summed E-state index contributed by atoms with van der Waals surface area (Å²) in [5.74, 6) is -1.15. The summed E-state index contributed by atoms with van der Waals surface area (Å²) in [7, 11) is 1.25. The Balaban J connectivity index is 2.75. The van der Waals surface area contributed by atoms with Gasteiger partial charge in [0.2, 0.25) is 5.91 Å². The number of rotatable bonds is 6. The third kappa shape index (κ3) is 4.64. The van der Waals surface area contributed by atoms with E-state index in [4.69, 9.17) is 5.73 Å². The van der Waals surface area contributed by atoms with Crippen LogP contribution >= 0.6 is 0 Å². The van der Waals surface area contributed by atoms with Crippen LogP contribution in [0.2, 0.25) is 0 Å². The number of esters is 1. The summed E-state index contributed by atoms with van der Waals surface area (Å²) < 4.78 is 4.67. The van der Waals surface area contributed by atoms with E-state index in [0.29, 0.717) is 6.42 Å². The maximum atomic E-state index is 11.8. The van der Waals surface area contributed by atoms with Crippen LogP contribution in [0.3, 0.4) is 0 Å². The van der Waals surface area contributed by atoms with Gasteiger partial charge in [0.15, 0.2) is 0 Å². The quantitative estimate of drug-likeness (QED) is 0.615. The Labute approximate surface area is 117 Å². The van der Waals surface area contributed by atoms with Crippen molar-refractivity contribution in [2.24, 2.45) is 5.73 Å². The lowest BCUT2D eigenvalue weighted by molar-refractivity contribution is -0.145. The van der Waals surface area contributed by atoms with Gasteiger partial charge >= 0.3 is 5.97 Å². The number of aliphatic hydroxyl groups is 1. The van der Waals surface area contributed by atoms with Gasteiger partial charge in [0.25, 0.3) is 0 Å². The number of methoxy groups -OCH3 is 1. The molecule has 0 fully saturated rings. The second-order valence-electron chi connectivity index (χ2n) is 4.54. The predicted octanol–water partition coefficient (Wildman–Crippen LogP) is -0.405. The van der Waals surface area contributed by atoms with Crippen LogP contribution in [0.4, 0.5) is 0 Å². The second kappa shape index (κ2) is 7.62. The first-order valence-electron chi connectivity index (χ1n) is 6.31. The van der Waals surface area contributed by atoms with Crippen LogP contribution in [0.1, 0.15) is 12.5 Å². The summed E-state index contributed by atoms with van der Waals surface area (Å²) in [4.78, 5) is 23.5. The second-order valence-corrected chi connectivity index (χ2v) is 4.54. The molecule has 0 aliphatic heterocycles. The fourth-order valence-electron chi connectivity index (χ4n) is 1.67. The molecular formula is C14H20N2O4. The van der Waals surface area contributed by atoms with Crippen molar-refractivity contribution in [1.82, 2.24) is 5.32 Å². The van der Waals surface area contributed by atoms with Crippen molar-refractivity contribution in [3.05, 3.63) is 35.9 Å². The van der Waals surface area contributed by atoms with Crippen molar-refractivity contribution in [3.63, 3.8) is 0 Å². The number of benzene rings is 1. The lowest BCUT2D eigenvalue weighted by Crippen LogP contribution is -2.53. The maximum absolute atomic E-state index is 11.8. The molecule has 110 valence electrons. The smallest absolute Gasteiger partial charge is 0.328 e. The Morgan fingerprint density at radius 3 is 2.45 bits per heavy atom. The van der Waals surface area contributed by atoms with E-state index in [-0.39, 0.29) is 0 Å². The molecule has 0 aliphatic carbocycles. The summed E-state index contributed by atoms with van der Waals surface area (Å²) in [5, 5.41) is 11.8. The molecule has 0 heterocycles. The molecule has 1 amide bonds. The van der Waals surface area contributed by atoms with Crippen molar-refractivity contribution in [3.8, 4) is 0 Å². The molecule has 6 heteroatoms. The molecule has 6 nitrogen and oxygen atoms in total. The van der Waals surface area contributed by atoms with E-state index in [2.05, 4.69) is 10.1 Å². The van der Waals surface area contributed by atoms with E-state index < -0.39 is 30.1 Å². The highest BCUT2D eigenvalue weighted by molar-refractivity contribution is 5.87. The molecule has 20 heavy (non-hydrogen) atoms. The number of hydrogen-bond donors (Lipinski definition) is 3. The van der Waals surface area contributed by atoms with Gasteiger partial charge in [0.1, 0.15) is 12.1 Å². The minimum absolute atomic E-state index is 0.297. The van der Waals surface area contributed by atoms with Crippen molar-refractivity contribution < 1.29 is 19.4 Å². The lowest BCUT2D eigenvalue weighted by Gasteiger charge is -2.20. The van der Waals surface area contributed by atoms with Crippen molar-refractivity contribution >= 4 is 11.9 Å². The number of ether oxygens (including phenoxy) is 1. The maximum Gasteiger partial charge on any atom is 0.328 e. The standard InChI is InChI=1S/C14H20N2O4/c1-9(17)12(15)13(18)16-11(14(19)20-2)8-10-6-4-3-5-7-10/h3-7,9,11-12,17H,8,15H2,1-2H3,(H,16,18)/t9-,11+,12+/m1/s1. The average Bonchev–Trinajstić information content (AvgIpc) is 2.45. The van der Waals surface area contributed by atoms with Gasteiger partial charge in [-0.3, -0.25) is 4.79 Å². The molecule has 0 spiro atoms. The highest BCUT2D eigenvalue weighted by atomic mass is 16.5. The zero-order chi connectivity index (χ0) is 15.1.